The van der Waals surface area contributed by atoms with Gasteiger partial charge in [-0.25, -0.2) is 19.3 Å². The van der Waals surface area contributed by atoms with Crippen LogP contribution in [0.1, 0.15) is 22.6 Å². The van der Waals surface area contributed by atoms with E-state index in [4.69, 9.17) is 21.1 Å². The van der Waals surface area contributed by atoms with Crippen LogP contribution in [-0.4, -0.2) is 54.3 Å². The van der Waals surface area contributed by atoms with E-state index in [-0.39, 0.29) is 17.3 Å². The molecule has 0 aliphatic rings. The van der Waals surface area contributed by atoms with Gasteiger partial charge in [0.15, 0.2) is 6.61 Å². The van der Waals surface area contributed by atoms with Crippen molar-refractivity contribution >= 4 is 35.4 Å². The molecule has 2 aromatic rings. The van der Waals surface area contributed by atoms with Crippen LogP contribution in [0.3, 0.4) is 0 Å². The SMILES string of the molecule is COC(=O)COC(=O)CC(=O)N(Cc1ccccn1)n1cc(Cl)cc1C(=O)OC. The van der Waals surface area contributed by atoms with Crippen LogP contribution in [0, 0.1) is 0 Å². The van der Waals surface area contributed by atoms with Gasteiger partial charge >= 0.3 is 17.9 Å². The third kappa shape index (κ3) is 6.04. The number of carbonyl (C=O) groups is 4. The summed E-state index contributed by atoms with van der Waals surface area (Å²) in [6.07, 6.45) is 2.17. The van der Waals surface area contributed by atoms with E-state index in [2.05, 4.69) is 9.72 Å². The summed E-state index contributed by atoms with van der Waals surface area (Å²) < 4.78 is 15.0. The summed E-state index contributed by atoms with van der Waals surface area (Å²) in [7, 11) is 2.32. The molecule has 0 N–H and O–H groups in total. The van der Waals surface area contributed by atoms with Crippen molar-refractivity contribution in [2.24, 2.45) is 0 Å². The van der Waals surface area contributed by atoms with E-state index in [9.17, 15) is 19.2 Å². The zero-order chi connectivity index (χ0) is 21.4. The van der Waals surface area contributed by atoms with Crippen molar-refractivity contribution in [3.8, 4) is 0 Å². The highest BCUT2D eigenvalue weighted by Gasteiger charge is 2.26. The average molecular weight is 424 g/mol. The average Bonchev–Trinajstić information content (AvgIpc) is 3.11. The van der Waals surface area contributed by atoms with Gasteiger partial charge in [-0.2, -0.15) is 0 Å². The molecule has 154 valence electrons. The number of hydrogen-bond donors (Lipinski definition) is 0. The topological polar surface area (TPSA) is 117 Å². The molecule has 2 aromatic heterocycles. The molecule has 2 heterocycles. The lowest BCUT2D eigenvalue weighted by Gasteiger charge is -2.25. The van der Waals surface area contributed by atoms with Gasteiger partial charge in [0.25, 0.3) is 5.91 Å². The molecule has 0 atom stereocenters. The Morgan fingerprint density at radius 2 is 1.90 bits per heavy atom. The van der Waals surface area contributed by atoms with Crippen molar-refractivity contribution in [1.29, 1.82) is 0 Å². The van der Waals surface area contributed by atoms with Gasteiger partial charge in [0, 0.05) is 12.4 Å². The number of halogens is 1. The van der Waals surface area contributed by atoms with Gasteiger partial charge in [0.2, 0.25) is 0 Å². The van der Waals surface area contributed by atoms with Crippen molar-refractivity contribution < 1.29 is 33.4 Å². The molecular formula is C18H18ClN3O7. The highest BCUT2D eigenvalue weighted by Crippen LogP contribution is 2.17. The first-order chi connectivity index (χ1) is 13.8. The fraction of sp³-hybridized carbons (Fsp3) is 0.278. The quantitative estimate of drug-likeness (QED) is 0.352. The molecule has 0 radical (unpaired) electrons. The highest BCUT2D eigenvalue weighted by atomic mass is 35.5. The fourth-order valence-corrected chi connectivity index (χ4v) is 2.47. The van der Waals surface area contributed by atoms with Gasteiger partial charge in [-0.1, -0.05) is 17.7 Å². The van der Waals surface area contributed by atoms with Gasteiger partial charge in [-0.15, -0.1) is 0 Å². The second kappa shape index (κ2) is 10.2. The third-order valence-electron chi connectivity index (χ3n) is 3.62. The number of ether oxygens (including phenoxy) is 3. The van der Waals surface area contributed by atoms with Crippen molar-refractivity contribution in [1.82, 2.24) is 9.66 Å². The second-order valence-electron chi connectivity index (χ2n) is 5.57. The number of pyridine rings is 1. The highest BCUT2D eigenvalue weighted by molar-refractivity contribution is 6.31. The van der Waals surface area contributed by atoms with Crippen molar-refractivity contribution in [2.45, 2.75) is 13.0 Å². The Kier molecular flexibility index (Phi) is 7.72. The van der Waals surface area contributed by atoms with E-state index in [0.29, 0.717) is 5.69 Å². The van der Waals surface area contributed by atoms with Crippen LogP contribution in [0.2, 0.25) is 5.02 Å². The molecule has 0 spiro atoms. The van der Waals surface area contributed by atoms with Gasteiger partial charge in [-0.3, -0.25) is 14.6 Å². The van der Waals surface area contributed by atoms with Crippen LogP contribution in [0.4, 0.5) is 0 Å². The number of esters is 3. The van der Waals surface area contributed by atoms with Crippen LogP contribution in [0.25, 0.3) is 0 Å². The minimum atomic E-state index is -0.940. The molecule has 0 aliphatic heterocycles. The van der Waals surface area contributed by atoms with Crippen molar-refractivity contribution in [3.05, 3.63) is 53.1 Å². The van der Waals surface area contributed by atoms with E-state index in [1.54, 1.807) is 18.2 Å². The number of rotatable bonds is 8. The third-order valence-corrected chi connectivity index (χ3v) is 3.83. The molecule has 0 aromatic carbocycles. The number of nitrogens with zero attached hydrogens (tertiary/aromatic N) is 3. The zero-order valence-corrected chi connectivity index (χ0v) is 16.4. The summed E-state index contributed by atoms with van der Waals surface area (Å²) in [5, 5.41) is 1.28. The van der Waals surface area contributed by atoms with Gasteiger partial charge in [0.1, 0.15) is 12.1 Å². The van der Waals surface area contributed by atoms with E-state index in [0.717, 1.165) is 12.1 Å². The lowest BCUT2D eigenvalue weighted by molar-refractivity contribution is -0.158. The molecule has 0 aliphatic carbocycles. The molecular weight excluding hydrogens is 406 g/mol. The number of hydrogen-bond acceptors (Lipinski definition) is 8. The van der Waals surface area contributed by atoms with Crippen LogP contribution >= 0.6 is 11.6 Å². The molecule has 2 rings (SSSR count). The molecule has 0 bridgehead atoms. The first-order valence-electron chi connectivity index (χ1n) is 8.25. The Balaban J connectivity index is 2.28. The summed E-state index contributed by atoms with van der Waals surface area (Å²) in [6, 6.07) is 6.41. The molecule has 0 saturated carbocycles. The predicted octanol–water partition coefficient (Wildman–Crippen LogP) is 1.09. The molecule has 1 amide bonds. The van der Waals surface area contributed by atoms with E-state index >= 15 is 0 Å². The van der Waals surface area contributed by atoms with Crippen LogP contribution in [0.15, 0.2) is 36.7 Å². The lowest BCUT2D eigenvalue weighted by Crippen LogP contribution is -2.42. The van der Waals surface area contributed by atoms with Gasteiger partial charge in [-0.05, 0) is 18.2 Å². The van der Waals surface area contributed by atoms with Crippen LogP contribution in [0.5, 0.6) is 0 Å². The molecule has 0 saturated heterocycles. The summed E-state index contributed by atoms with van der Waals surface area (Å²) in [6.45, 7) is -0.690. The molecule has 11 heteroatoms. The van der Waals surface area contributed by atoms with E-state index < -0.39 is 36.8 Å². The maximum Gasteiger partial charge on any atom is 0.356 e. The molecule has 29 heavy (non-hydrogen) atoms. The molecule has 10 nitrogen and oxygen atoms in total. The van der Waals surface area contributed by atoms with Crippen LogP contribution in [-0.2, 0) is 35.1 Å². The summed E-state index contributed by atoms with van der Waals surface area (Å²) >= 11 is 6.00. The minimum Gasteiger partial charge on any atom is -0.466 e. The summed E-state index contributed by atoms with van der Waals surface area (Å²) in [5.74, 6) is -3.16. The Hall–Kier alpha value is -3.40. The van der Waals surface area contributed by atoms with Gasteiger partial charge < -0.3 is 14.2 Å². The number of carbonyl (C=O) groups excluding carboxylic acids is 4. The number of methoxy groups -OCH3 is 2. The molecule has 0 unspecified atom stereocenters. The first-order valence-corrected chi connectivity index (χ1v) is 8.62. The standard InChI is InChI=1S/C18H18ClN3O7/c1-27-17(25)11-29-16(24)8-15(23)22(10-13-5-3-4-6-20-13)21-9-12(19)7-14(21)18(26)28-2/h3-7,9H,8,10-11H2,1-2H3. The Morgan fingerprint density at radius 3 is 2.52 bits per heavy atom. The van der Waals surface area contributed by atoms with Crippen molar-refractivity contribution in [3.63, 3.8) is 0 Å². The monoisotopic (exact) mass is 423 g/mol. The zero-order valence-electron chi connectivity index (χ0n) is 15.7. The number of amides is 1. The molecule has 0 fully saturated rings. The van der Waals surface area contributed by atoms with Gasteiger partial charge in [0.05, 0.1) is 31.5 Å². The normalized spacial score (nSPS) is 10.2. The smallest absolute Gasteiger partial charge is 0.356 e. The minimum absolute atomic E-state index is 0.0234. The lowest BCUT2D eigenvalue weighted by atomic mass is 10.3. The Morgan fingerprint density at radius 1 is 1.14 bits per heavy atom. The van der Waals surface area contributed by atoms with E-state index in [1.165, 1.54) is 30.2 Å². The second-order valence-corrected chi connectivity index (χ2v) is 6.00. The maximum atomic E-state index is 12.8. The largest absolute Gasteiger partial charge is 0.466 e. The Bertz CT molecular complexity index is 898. The first kappa shape index (κ1) is 21.9. The number of aromatic nitrogens is 2. The van der Waals surface area contributed by atoms with E-state index in [1.807, 2.05) is 0 Å². The summed E-state index contributed by atoms with van der Waals surface area (Å²) in [5.41, 5.74) is 0.467. The maximum absolute atomic E-state index is 12.8. The van der Waals surface area contributed by atoms with Crippen molar-refractivity contribution in [2.75, 3.05) is 25.8 Å². The fourth-order valence-electron chi connectivity index (χ4n) is 2.27. The predicted molar refractivity (Wildman–Crippen MR) is 99.5 cm³/mol. The van der Waals surface area contributed by atoms with Crippen LogP contribution < -0.4 is 5.01 Å². The summed E-state index contributed by atoms with van der Waals surface area (Å²) in [4.78, 5) is 52.0. The Labute approximate surface area is 170 Å².